The van der Waals surface area contributed by atoms with Crippen molar-refractivity contribution in [2.45, 2.75) is 153 Å². The standard InChI is InChI=1S/C37H61N5O7S/c1-34(2,3)30(41-27(43)20-39-37(14-8-7-9-15-37)22-50(48,49)35(4,5)6)33(47)42-21-25-24(13-16-36(25)17-18-36)28(42)32(46)40-26(29(44)31(38)45)19-23-11-10-12-23/h23-26,28,30,39H,7-22H2,1-6H3,(H2,38,45)(H,40,46)(H,41,43)/t24-,25-,26?,28-,30+/m0/s1. The number of carbonyl (C=O) groups excluding carboxylic acids is 5. The molecule has 0 aromatic rings. The van der Waals surface area contributed by atoms with Crippen LogP contribution in [0.2, 0.25) is 0 Å². The summed E-state index contributed by atoms with van der Waals surface area (Å²) in [5.41, 5.74) is 4.07. The molecule has 0 aromatic carbocycles. The Morgan fingerprint density at radius 1 is 0.860 bits per heavy atom. The van der Waals surface area contributed by atoms with Gasteiger partial charge in [0.2, 0.25) is 23.5 Å². The Morgan fingerprint density at radius 3 is 2.02 bits per heavy atom. The second-order valence-corrected chi connectivity index (χ2v) is 21.1. The summed E-state index contributed by atoms with van der Waals surface area (Å²) in [6.45, 7) is 11.0. The normalized spacial score (nSPS) is 27.2. The molecule has 13 heteroatoms. The minimum atomic E-state index is -3.46. The number of hydrogen-bond donors (Lipinski definition) is 4. The fourth-order valence-corrected chi connectivity index (χ4v) is 10.7. The van der Waals surface area contributed by atoms with E-state index >= 15 is 0 Å². The van der Waals surface area contributed by atoms with E-state index in [2.05, 4.69) is 16.0 Å². The largest absolute Gasteiger partial charge is 0.363 e. The van der Waals surface area contributed by atoms with Gasteiger partial charge in [-0.05, 0) is 94.3 Å². The van der Waals surface area contributed by atoms with Gasteiger partial charge in [-0.1, -0.05) is 59.3 Å². The van der Waals surface area contributed by atoms with Gasteiger partial charge < -0.3 is 26.6 Å². The summed E-state index contributed by atoms with van der Waals surface area (Å²) in [5, 5.41) is 9.16. The lowest BCUT2D eigenvalue weighted by molar-refractivity contribution is -0.145. The van der Waals surface area contributed by atoms with Crippen molar-refractivity contribution in [1.29, 1.82) is 0 Å². The predicted molar refractivity (Wildman–Crippen MR) is 190 cm³/mol. The Bertz CT molecular complexity index is 1450. The van der Waals surface area contributed by atoms with E-state index < -0.39 is 67.2 Å². The second-order valence-electron chi connectivity index (χ2n) is 18.4. The van der Waals surface area contributed by atoms with Crippen LogP contribution in [0.1, 0.15) is 125 Å². The number of likely N-dealkylation sites (tertiary alicyclic amines) is 1. The quantitative estimate of drug-likeness (QED) is 0.210. The van der Waals surface area contributed by atoms with Gasteiger partial charge in [-0.15, -0.1) is 0 Å². The van der Waals surface area contributed by atoms with Crippen molar-refractivity contribution in [2.75, 3.05) is 18.8 Å². The fraction of sp³-hybridized carbons (Fsp3) is 0.865. The number of fused-ring (bicyclic) bond motifs is 2. The molecule has 5 rings (SSSR count). The zero-order chi connectivity index (χ0) is 36.9. The van der Waals surface area contributed by atoms with Crippen LogP contribution in [0.4, 0.5) is 0 Å². The van der Waals surface area contributed by atoms with Gasteiger partial charge in [0.15, 0.2) is 9.84 Å². The molecule has 1 saturated heterocycles. The molecule has 4 aliphatic carbocycles. The Balaban J connectivity index is 1.34. The summed E-state index contributed by atoms with van der Waals surface area (Å²) < 4.78 is 25.6. The van der Waals surface area contributed by atoms with Gasteiger partial charge in [-0.25, -0.2) is 8.42 Å². The zero-order valence-corrected chi connectivity index (χ0v) is 31.9. The van der Waals surface area contributed by atoms with E-state index in [9.17, 15) is 32.4 Å². The first-order valence-corrected chi connectivity index (χ1v) is 20.6. The molecule has 0 bridgehead atoms. The van der Waals surface area contributed by atoms with Crippen molar-refractivity contribution in [1.82, 2.24) is 20.9 Å². The van der Waals surface area contributed by atoms with Crippen LogP contribution in [-0.4, -0.2) is 90.0 Å². The average molecular weight is 720 g/mol. The molecule has 5 aliphatic rings. The Hall–Kier alpha value is -2.54. The van der Waals surface area contributed by atoms with Crippen LogP contribution in [0.15, 0.2) is 0 Å². The highest BCUT2D eigenvalue weighted by molar-refractivity contribution is 7.92. The highest BCUT2D eigenvalue weighted by Gasteiger charge is 2.64. The van der Waals surface area contributed by atoms with Gasteiger partial charge in [0, 0.05) is 12.1 Å². The van der Waals surface area contributed by atoms with Crippen molar-refractivity contribution < 1.29 is 32.4 Å². The molecule has 50 heavy (non-hydrogen) atoms. The van der Waals surface area contributed by atoms with Crippen molar-refractivity contribution in [2.24, 2.45) is 34.3 Å². The third kappa shape index (κ3) is 8.08. The van der Waals surface area contributed by atoms with Crippen LogP contribution in [-0.2, 0) is 33.8 Å². The van der Waals surface area contributed by atoms with Gasteiger partial charge in [0.25, 0.3) is 5.91 Å². The van der Waals surface area contributed by atoms with Gasteiger partial charge in [-0.3, -0.25) is 24.0 Å². The second kappa shape index (κ2) is 14.1. The minimum absolute atomic E-state index is 0.0620. The summed E-state index contributed by atoms with van der Waals surface area (Å²) in [7, 11) is -3.46. The molecule has 282 valence electrons. The first-order valence-electron chi connectivity index (χ1n) is 18.9. The number of carbonyl (C=O) groups is 5. The van der Waals surface area contributed by atoms with Crippen LogP contribution >= 0.6 is 0 Å². The van der Waals surface area contributed by atoms with Gasteiger partial charge in [-0.2, -0.15) is 0 Å². The average Bonchev–Trinajstić information content (AvgIpc) is 3.56. The molecule has 5 fully saturated rings. The first kappa shape index (κ1) is 38.7. The monoisotopic (exact) mass is 719 g/mol. The van der Waals surface area contributed by atoms with Crippen LogP contribution in [0.25, 0.3) is 0 Å². The Morgan fingerprint density at radius 2 is 1.50 bits per heavy atom. The molecule has 1 heterocycles. The lowest BCUT2D eigenvalue weighted by Gasteiger charge is -2.40. The van der Waals surface area contributed by atoms with E-state index in [1.165, 1.54) is 0 Å². The van der Waals surface area contributed by atoms with E-state index in [-0.39, 0.29) is 41.4 Å². The number of ketones is 1. The molecule has 0 aromatic heterocycles. The lowest BCUT2D eigenvalue weighted by Crippen LogP contribution is -2.61. The van der Waals surface area contributed by atoms with E-state index in [0.29, 0.717) is 25.8 Å². The number of sulfone groups is 1. The molecule has 5 N–H and O–H groups in total. The number of rotatable bonds is 13. The molecule has 1 unspecified atom stereocenters. The number of hydrogen-bond acceptors (Lipinski definition) is 8. The molecular weight excluding hydrogens is 659 g/mol. The topological polar surface area (TPSA) is 185 Å². The molecule has 4 saturated carbocycles. The van der Waals surface area contributed by atoms with Crippen molar-refractivity contribution in [3.05, 3.63) is 0 Å². The van der Waals surface area contributed by atoms with Crippen LogP contribution in [0.3, 0.4) is 0 Å². The molecule has 0 radical (unpaired) electrons. The molecule has 1 spiro atoms. The summed E-state index contributed by atoms with van der Waals surface area (Å²) in [4.78, 5) is 68.9. The third-order valence-corrected chi connectivity index (χ3v) is 15.6. The smallest absolute Gasteiger partial charge is 0.287 e. The van der Waals surface area contributed by atoms with E-state index in [1.807, 2.05) is 20.8 Å². The van der Waals surface area contributed by atoms with Crippen molar-refractivity contribution in [3.63, 3.8) is 0 Å². The number of Topliss-reactive ketones (excluding diaryl/α,β-unsaturated/α-hetero) is 1. The number of nitrogens with two attached hydrogens (primary N) is 1. The van der Waals surface area contributed by atoms with Crippen molar-refractivity contribution >= 4 is 39.2 Å². The summed E-state index contributed by atoms with van der Waals surface area (Å²) in [6.07, 6.45) is 11.2. The first-order chi connectivity index (χ1) is 23.2. The highest BCUT2D eigenvalue weighted by Crippen LogP contribution is 2.66. The number of primary amides is 1. The fourth-order valence-electron chi connectivity index (χ4n) is 9.10. The molecule has 4 amide bonds. The Labute approximate surface area is 298 Å². The Kier molecular flexibility index (Phi) is 10.9. The number of amides is 4. The van der Waals surface area contributed by atoms with Gasteiger partial charge in [0.1, 0.15) is 12.1 Å². The van der Waals surface area contributed by atoms with Crippen molar-refractivity contribution in [3.8, 4) is 0 Å². The molecule has 5 atom stereocenters. The predicted octanol–water partition coefficient (Wildman–Crippen LogP) is 2.77. The molecule has 1 aliphatic heterocycles. The summed E-state index contributed by atoms with van der Waals surface area (Å²) in [5.74, 6) is -2.87. The maximum absolute atomic E-state index is 14.6. The lowest BCUT2D eigenvalue weighted by atomic mass is 9.80. The van der Waals surface area contributed by atoms with Crippen LogP contribution in [0, 0.1) is 28.6 Å². The van der Waals surface area contributed by atoms with E-state index in [4.69, 9.17) is 5.73 Å². The van der Waals surface area contributed by atoms with E-state index in [1.54, 1.807) is 25.7 Å². The van der Waals surface area contributed by atoms with Crippen LogP contribution < -0.4 is 21.7 Å². The molecule has 12 nitrogen and oxygen atoms in total. The minimum Gasteiger partial charge on any atom is -0.363 e. The van der Waals surface area contributed by atoms with Gasteiger partial charge in [0.05, 0.1) is 23.1 Å². The highest BCUT2D eigenvalue weighted by atomic mass is 32.2. The maximum atomic E-state index is 14.6. The maximum Gasteiger partial charge on any atom is 0.287 e. The third-order valence-electron chi connectivity index (χ3n) is 12.8. The van der Waals surface area contributed by atoms with E-state index in [0.717, 1.165) is 64.2 Å². The van der Waals surface area contributed by atoms with Crippen LogP contribution in [0.5, 0.6) is 0 Å². The SMILES string of the molecule is CC(C)(C)[C@H](NC(=O)CNC1(CS(=O)(=O)C(C)(C)C)CCCCC1)C(=O)N1C[C@H]2[C@H](CCC23CC3)[C@H]1C(=O)NC(CC1CCC1)C(=O)C(N)=O. The number of nitrogens with zero attached hydrogens (tertiary/aromatic N) is 1. The summed E-state index contributed by atoms with van der Waals surface area (Å²) >= 11 is 0. The number of nitrogens with one attached hydrogen (secondary N) is 3. The summed E-state index contributed by atoms with van der Waals surface area (Å²) in [6, 6.07) is -2.82. The van der Waals surface area contributed by atoms with Gasteiger partial charge >= 0.3 is 0 Å². The zero-order valence-electron chi connectivity index (χ0n) is 31.1. The molecular formula is C37H61N5O7S.